The molecule has 0 bridgehead atoms. The van der Waals surface area contributed by atoms with Crippen molar-refractivity contribution < 1.29 is 19.1 Å². The van der Waals surface area contributed by atoms with Crippen LogP contribution in [0, 0.1) is 17.7 Å². The minimum atomic E-state index is -0.893. The van der Waals surface area contributed by atoms with Crippen LogP contribution < -0.4 is 11.1 Å². The summed E-state index contributed by atoms with van der Waals surface area (Å²) in [5.74, 6) is -0.217. The number of carboxylic acid groups (broad SMARTS) is 1. The van der Waals surface area contributed by atoms with Gasteiger partial charge in [-0.2, -0.15) is 5.10 Å². The van der Waals surface area contributed by atoms with Gasteiger partial charge in [0.15, 0.2) is 0 Å². The van der Waals surface area contributed by atoms with Gasteiger partial charge in [-0.1, -0.05) is 11.6 Å². The number of benzene rings is 1. The second-order valence-corrected chi connectivity index (χ2v) is 8.14. The molecule has 2 amide bonds. The standard InChI is InChI=1S/C19H21ClFN5O3/c1-25-17(22)15(18(27)23-12-2-3-14(21)13(20)6-12)16(24-25)9-4-10-7-26(19(28)29)8-11(10)5-9/h2-3,6,9-11H,4-5,7-8,22H2,1H3,(H,23,27)(H,28,29). The molecule has 10 heteroatoms. The molecule has 2 heterocycles. The molecule has 29 heavy (non-hydrogen) atoms. The van der Waals surface area contributed by atoms with E-state index in [1.54, 1.807) is 7.05 Å². The number of nitrogens with two attached hydrogens (primary N) is 1. The molecule has 1 saturated heterocycles. The van der Waals surface area contributed by atoms with Crippen LogP contribution in [0.4, 0.5) is 20.7 Å². The molecule has 0 spiro atoms. The van der Waals surface area contributed by atoms with Crippen molar-refractivity contribution in [3.63, 3.8) is 0 Å². The lowest BCUT2D eigenvalue weighted by molar-refractivity contribution is 0.102. The molecule has 1 aliphatic heterocycles. The number of fused-ring (bicyclic) bond motifs is 1. The maximum Gasteiger partial charge on any atom is 0.407 e. The Morgan fingerprint density at radius 3 is 2.55 bits per heavy atom. The third kappa shape index (κ3) is 3.50. The molecule has 0 radical (unpaired) electrons. The molecular formula is C19H21ClFN5O3. The molecule has 2 aliphatic rings. The number of carbonyl (C=O) groups is 2. The van der Waals surface area contributed by atoms with Gasteiger partial charge < -0.3 is 21.1 Å². The molecule has 8 nitrogen and oxygen atoms in total. The maximum atomic E-state index is 13.4. The molecule has 4 N–H and O–H groups in total. The van der Waals surface area contributed by atoms with E-state index in [1.165, 1.54) is 27.8 Å². The van der Waals surface area contributed by atoms with E-state index in [4.69, 9.17) is 17.3 Å². The molecule has 1 aliphatic carbocycles. The Kier molecular flexibility index (Phi) is 4.85. The van der Waals surface area contributed by atoms with Gasteiger partial charge in [0.2, 0.25) is 0 Å². The number of hydrogen-bond donors (Lipinski definition) is 3. The van der Waals surface area contributed by atoms with Crippen molar-refractivity contribution in [1.82, 2.24) is 14.7 Å². The summed E-state index contributed by atoms with van der Waals surface area (Å²) in [6, 6.07) is 3.94. The summed E-state index contributed by atoms with van der Waals surface area (Å²) in [4.78, 5) is 25.6. The quantitative estimate of drug-likeness (QED) is 0.704. The predicted octanol–water partition coefficient (Wildman–Crippen LogP) is 3.15. The Hall–Kier alpha value is -2.81. The van der Waals surface area contributed by atoms with Crippen LogP contribution in [0.2, 0.25) is 5.02 Å². The van der Waals surface area contributed by atoms with E-state index in [1.807, 2.05) is 0 Å². The highest BCUT2D eigenvalue weighted by Crippen LogP contribution is 2.47. The Bertz CT molecular complexity index is 980. The first kappa shape index (κ1) is 19.5. The number of rotatable bonds is 3. The first-order valence-corrected chi connectivity index (χ1v) is 9.69. The molecule has 154 valence electrons. The van der Waals surface area contributed by atoms with E-state index in [2.05, 4.69) is 10.4 Å². The smallest absolute Gasteiger partial charge is 0.407 e. The summed E-state index contributed by atoms with van der Waals surface area (Å²) in [5, 5.41) is 16.3. The molecule has 2 atom stereocenters. The summed E-state index contributed by atoms with van der Waals surface area (Å²) < 4.78 is 14.8. The highest BCUT2D eigenvalue weighted by molar-refractivity contribution is 6.31. The van der Waals surface area contributed by atoms with E-state index in [0.29, 0.717) is 30.0 Å². The highest BCUT2D eigenvalue weighted by Gasteiger charge is 2.44. The zero-order valence-electron chi connectivity index (χ0n) is 15.7. The fraction of sp³-hybridized carbons (Fsp3) is 0.421. The van der Waals surface area contributed by atoms with E-state index in [0.717, 1.165) is 12.8 Å². The number of likely N-dealkylation sites (tertiary alicyclic amines) is 1. The molecule has 2 unspecified atom stereocenters. The zero-order chi connectivity index (χ0) is 20.9. The van der Waals surface area contributed by atoms with Crippen LogP contribution in [0.5, 0.6) is 0 Å². The van der Waals surface area contributed by atoms with Crippen LogP contribution >= 0.6 is 11.6 Å². The molecule has 1 aromatic carbocycles. The first-order chi connectivity index (χ1) is 13.7. The van der Waals surface area contributed by atoms with Crippen molar-refractivity contribution in [2.24, 2.45) is 18.9 Å². The first-order valence-electron chi connectivity index (χ1n) is 9.31. The lowest BCUT2D eigenvalue weighted by Gasteiger charge is -2.16. The Morgan fingerprint density at radius 2 is 1.97 bits per heavy atom. The van der Waals surface area contributed by atoms with Crippen molar-refractivity contribution in [2.45, 2.75) is 18.8 Å². The van der Waals surface area contributed by atoms with Gasteiger partial charge in [0, 0.05) is 31.7 Å². The largest absolute Gasteiger partial charge is 0.465 e. The van der Waals surface area contributed by atoms with Gasteiger partial charge in [-0.25, -0.2) is 9.18 Å². The third-order valence-electron chi connectivity index (χ3n) is 5.93. The summed E-state index contributed by atoms with van der Waals surface area (Å²) in [5.41, 5.74) is 7.40. The molecule has 2 aromatic rings. The number of carbonyl (C=O) groups excluding carboxylic acids is 1. The number of nitrogens with one attached hydrogen (secondary N) is 1. The molecule has 1 aromatic heterocycles. The number of anilines is 2. The lowest BCUT2D eigenvalue weighted by Crippen LogP contribution is -2.28. The van der Waals surface area contributed by atoms with Crippen molar-refractivity contribution in [3.8, 4) is 0 Å². The monoisotopic (exact) mass is 421 g/mol. The van der Waals surface area contributed by atoms with Crippen molar-refractivity contribution >= 4 is 35.1 Å². The van der Waals surface area contributed by atoms with Gasteiger partial charge in [-0.15, -0.1) is 0 Å². The van der Waals surface area contributed by atoms with Crippen molar-refractivity contribution in [1.29, 1.82) is 0 Å². The van der Waals surface area contributed by atoms with E-state index in [-0.39, 0.29) is 28.6 Å². The highest BCUT2D eigenvalue weighted by atomic mass is 35.5. The SMILES string of the molecule is Cn1nc(C2CC3CN(C(=O)O)CC3C2)c(C(=O)Nc2ccc(F)c(Cl)c2)c1N. The van der Waals surface area contributed by atoms with Gasteiger partial charge >= 0.3 is 6.09 Å². The maximum absolute atomic E-state index is 13.4. The average Bonchev–Trinajstić information content (AvgIpc) is 3.30. The fourth-order valence-corrected chi connectivity index (χ4v) is 4.70. The lowest BCUT2D eigenvalue weighted by atomic mass is 9.97. The predicted molar refractivity (Wildman–Crippen MR) is 106 cm³/mol. The number of aromatic nitrogens is 2. The summed E-state index contributed by atoms with van der Waals surface area (Å²) in [6.45, 7) is 1.02. The molecule has 2 fully saturated rings. The molecule has 1 saturated carbocycles. The van der Waals surface area contributed by atoms with Crippen LogP contribution in [0.25, 0.3) is 0 Å². The minimum absolute atomic E-state index is 0.0296. The zero-order valence-corrected chi connectivity index (χ0v) is 16.5. The fourth-order valence-electron chi connectivity index (χ4n) is 4.52. The average molecular weight is 422 g/mol. The normalized spacial score (nSPS) is 23.3. The van der Waals surface area contributed by atoms with Crippen molar-refractivity contribution in [3.05, 3.63) is 40.3 Å². The topological polar surface area (TPSA) is 113 Å². The molecule has 4 rings (SSSR count). The van der Waals surface area contributed by atoms with Crippen LogP contribution in [0.1, 0.15) is 34.8 Å². The number of nitrogen functional groups attached to an aromatic ring is 1. The number of halogens is 2. The van der Waals surface area contributed by atoms with Gasteiger partial charge in [0.1, 0.15) is 17.2 Å². The van der Waals surface area contributed by atoms with Crippen LogP contribution in [0.15, 0.2) is 18.2 Å². The second kappa shape index (κ2) is 7.22. The Morgan fingerprint density at radius 1 is 1.31 bits per heavy atom. The van der Waals surface area contributed by atoms with Gasteiger partial charge in [-0.3, -0.25) is 9.48 Å². The van der Waals surface area contributed by atoms with Gasteiger partial charge in [0.05, 0.1) is 10.7 Å². The number of aryl methyl sites for hydroxylation is 1. The number of amides is 2. The van der Waals surface area contributed by atoms with Crippen LogP contribution in [0.3, 0.4) is 0 Å². The summed E-state index contributed by atoms with van der Waals surface area (Å²) in [7, 11) is 1.67. The number of hydrogen-bond acceptors (Lipinski definition) is 4. The number of nitrogens with zero attached hydrogens (tertiary/aromatic N) is 3. The third-order valence-corrected chi connectivity index (χ3v) is 6.22. The van der Waals surface area contributed by atoms with E-state index >= 15 is 0 Å². The van der Waals surface area contributed by atoms with Crippen molar-refractivity contribution in [2.75, 3.05) is 24.1 Å². The van der Waals surface area contributed by atoms with E-state index in [9.17, 15) is 19.1 Å². The molecular weight excluding hydrogens is 401 g/mol. The Balaban J connectivity index is 1.56. The van der Waals surface area contributed by atoms with Crippen LogP contribution in [-0.4, -0.2) is 44.9 Å². The summed E-state index contributed by atoms with van der Waals surface area (Å²) in [6.07, 6.45) is 0.622. The minimum Gasteiger partial charge on any atom is -0.465 e. The van der Waals surface area contributed by atoms with E-state index < -0.39 is 17.8 Å². The van der Waals surface area contributed by atoms with Gasteiger partial charge in [0.25, 0.3) is 5.91 Å². The Labute approximate surface area is 171 Å². The van der Waals surface area contributed by atoms with Gasteiger partial charge in [-0.05, 0) is 42.9 Å². The second-order valence-electron chi connectivity index (χ2n) is 7.73. The summed E-state index contributed by atoms with van der Waals surface area (Å²) >= 11 is 5.79. The van der Waals surface area contributed by atoms with Crippen LogP contribution in [-0.2, 0) is 7.05 Å².